The summed E-state index contributed by atoms with van der Waals surface area (Å²) in [6, 6.07) is -0.865. The number of nitrogens with two attached hydrogens (primary N) is 1. The van der Waals surface area contributed by atoms with Crippen molar-refractivity contribution in [3.63, 3.8) is 0 Å². The van der Waals surface area contributed by atoms with Gasteiger partial charge in [0.25, 0.3) is 0 Å². The van der Waals surface area contributed by atoms with Crippen LogP contribution in [0.2, 0.25) is 0 Å². The van der Waals surface area contributed by atoms with Gasteiger partial charge in [-0.15, -0.1) is 12.4 Å². The fourth-order valence-electron chi connectivity index (χ4n) is 0.836. The molecular formula is C8H11BrClN3O2. The Morgan fingerprint density at radius 3 is 2.73 bits per heavy atom. The monoisotopic (exact) mass is 295 g/mol. The summed E-state index contributed by atoms with van der Waals surface area (Å²) in [6.45, 7) is 2.02. The standard InChI is InChI=1S/C8H10BrN3O2.ClH/c1-2-14-8(13)7(10)5-3-12-6(9)4-11-5;/h3-4,7H,2,10H2,1H3;1H. The van der Waals surface area contributed by atoms with Crippen molar-refractivity contribution in [2.24, 2.45) is 5.73 Å². The Balaban J connectivity index is 0.00000196. The molecule has 0 fully saturated rings. The Kier molecular flexibility index (Phi) is 6.38. The number of esters is 1. The molecule has 0 amide bonds. The van der Waals surface area contributed by atoms with Gasteiger partial charge in [0.05, 0.1) is 24.7 Å². The maximum absolute atomic E-state index is 11.2. The number of halogens is 2. The van der Waals surface area contributed by atoms with E-state index in [0.717, 1.165) is 0 Å². The van der Waals surface area contributed by atoms with E-state index >= 15 is 0 Å². The summed E-state index contributed by atoms with van der Waals surface area (Å²) < 4.78 is 5.34. The van der Waals surface area contributed by atoms with E-state index in [-0.39, 0.29) is 12.4 Å². The first-order valence-electron chi connectivity index (χ1n) is 4.04. The maximum atomic E-state index is 11.2. The highest BCUT2D eigenvalue weighted by atomic mass is 79.9. The summed E-state index contributed by atoms with van der Waals surface area (Å²) >= 11 is 3.13. The fraction of sp³-hybridized carbons (Fsp3) is 0.375. The van der Waals surface area contributed by atoms with E-state index in [9.17, 15) is 4.79 Å². The van der Waals surface area contributed by atoms with Gasteiger partial charge in [-0.25, -0.2) is 9.78 Å². The van der Waals surface area contributed by atoms with Crippen molar-refractivity contribution in [1.29, 1.82) is 0 Å². The maximum Gasteiger partial charge on any atom is 0.329 e. The molecule has 15 heavy (non-hydrogen) atoms. The summed E-state index contributed by atoms with van der Waals surface area (Å²) in [5, 5.41) is 0. The van der Waals surface area contributed by atoms with Gasteiger partial charge in [0.1, 0.15) is 10.6 Å². The van der Waals surface area contributed by atoms with Crippen LogP contribution in [0.25, 0.3) is 0 Å². The number of carbonyl (C=O) groups excluding carboxylic acids is 1. The Hall–Kier alpha value is -0.720. The van der Waals surface area contributed by atoms with E-state index in [2.05, 4.69) is 25.9 Å². The van der Waals surface area contributed by atoms with E-state index in [1.807, 2.05) is 0 Å². The highest BCUT2D eigenvalue weighted by Crippen LogP contribution is 2.10. The third-order valence-corrected chi connectivity index (χ3v) is 1.91. The number of carbonyl (C=O) groups is 1. The van der Waals surface area contributed by atoms with E-state index in [0.29, 0.717) is 16.9 Å². The van der Waals surface area contributed by atoms with Gasteiger partial charge >= 0.3 is 5.97 Å². The number of ether oxygens (including phenoxy) is 1. The van der Waals surface area contributed by atoms with Crippen molar-refractivity contribution in [3.05, 3.63) is 22.7 Å². The van der Waals surface area contributed by atoms with Crippen LogP contribution in [0.4, 0.5) is 0 Å². The normalized spacial score (nSPS) is 11.4. The van der Waals surface area contributed by atoms with Crippen LogP contribution in [-0.4, -0.2) is 22.5 Å². The fourth-order valence-corrected chi connectivity index (χ4v) is 1.04. The second-order valence-electron chi connectivity index (χ2n) is 2.49. The average molecular weight is 297 g/mol. The first kappa shape index (κ1) is 14.3. The minimum atomic E-state index is -0.865. The number of nitrogens with zero attached hydrogens (tertiary/aromatic N) is 2. The molecular weight excluding hydrogens is 285 g/mol. The summed E-state index contributed by atoms with van der Waals surface area (Å²) in [4.78, 5) is 19.1. The van der Waals surface area contributed by atoms with Crippen LogP contribution in [0, 0.1) is 0 Å². The molecule has 0 saturated heterocycles. The number of rotatable bonds is 3. The molecule has 0 spiro atoms. The first-order valence-corrected chi connectivity index (χ1v) is 4.84. The molecule has 0 saturated carbocycles. The Bertz CT molecular complexity index is 320. The highest BCUT2D eigenvalue weighted by molar-refractivity contribution is 9.10. The molecule has 1 atom stereocenters. The van der Waals surface area contributed by atoms with Crippen LogP contribution in [-0.2, 0) is 9.53 Å². The molecule has 1 rings (SSSR count). The highest BCUT2D eigenvalue weighted by Gasteiger charge is 2.18. The van der Waals surface area contributed by atoms with Crippen LogP contribution in [0.15, 0.2) is 17.0 Å². The third kappa shape index (κ3) is 4.11. The summed E-state index contributed by atoms with van der Waals surface area (Å²) in [6.07, 6.45) is 2.92. The second-order valence-corrected chi connectivity index (χ2v) is 3.31. The Labute approximate surface area is 102 Å². The lowest BCUT2D eigenvalue weighted by atomic mass is 10.2. The van der Waals surface area contributed by atoms with Gasteiger partial charge < -0.3 is 10.5 Å². The van der Waals surface area contributed by atoms with E-state index in [1.54, 1.807) is 6.92 Å². The summed E-state index contributed by atoms with van der Waals surface area (Å²) in [7, 11) is 0. The average Bonchev–Trinajstić information content (AvgIpc) is 2.18. The molecule has 5 nitrogen and oxygen atoms in total. The van der Waals surface area contributed by atoms with Gasteiger partial charge in [-0.3, -0.25) is 4.98 Å². The largest absolute Gasteiger partial charge is 0.465 e. The van der Waals surface area contributed by atoms with E-state index in [1.165, 1.54) is 12.4 Å². The minimum absolute atomic E-state index is 0. The lowest BCUT2D eigenvalue weighted by Crippen LogP contribution is -2.24. The number of hydrogen-bond donors (Lipinski definition) is 1. The molecule has 1 aromatic rings. The molecule has 0 radical (unpaired) electrons. The van der Waals surface area contributed by atoms with Crippen molar-refractivity contribution in [2.75, 3.05) is 6.61 Å². The molecule has 2 N–H and O–H groups in total. The lowest BCUT2D eigenvalue weighted by Gasteiger charge is -2.08. The number of aromatic nitrogens is 2. The third-order valence-electron chi connectivity index (χ3n) is 1.50. The van der Waals surface area contributed by atoms with E-state index in [4.69, 9.17) is 10.5 Å². The van der Waals surface area contributed by atoms with E-state index < -0.39 is 12.0 Å². The van der Waals surface area contributed by atoms with Gasteiger partial charge in [0.15, 0.2) is 0 Å². The zero-order valence-electron chi connectivity index (χ0n) is 8.01. The molecule has 1 unspecified atom stereocenters. The number of hydrogen-bond acceptors (Lipinski definition) is 5. The molecule has 1 heterocycles. The minimum Gasteiger partial charge on any atom is -0.465 e. The molecule has 84 valence electrons. The topological polar surface area (TPSA) is 78.1 Å². The van der Waals surface area contributed by atoms with Crippen molar-refractivity contribution >= 4 is 34.3 Å². The van der Waals surface area contributed by atoms with Crippen LogP contribution < -0.4 is 5.73 Å². The van der Waals surface area contributed by atoms with Gasteiger partial charge in [-0.2, -0.15) is 0 Å². The SMILES string of the molecule is CCOC(=O)C(N)c1cnc(Br)cn1.Cl. The predicted molar refractivity (Wildman–Crippen MR) is 60.5 cm³/mol. The quantitative estimate of drug-likeness (QED) is 0.849. The molecule has 0 aliphatic carbocycles. The molecule has 0 aromatic carbocycles. The predicted octanol–water partition coefficient (Wildman–Crippen LogP) is 1.22. The smallest absolute Gasteiger partial charge is 0.329 e. The van der Waals surface area contributed by atoms with Crippen molar-refractivity contribution < 1.29 is 9.53 Å². The Morgan fingerprint density at radius 2 is 2.27 bits per heavy atom. The zero-order chi connectivity index (χ0) is 10.6. The van der Waals surface area contributed by atoms with Gasteiger partial charge in [-0.1, -0.05) is 0 Å². The van der Waals surface area contributed by atoms with Crippen molar-refractivity contribution in [1.82, 2.24) is 9.97 Å². The van der Waals surface area contributed by atoms with Gasteiger partial charge in [0, 0.05) is 0 Å². The van der Waals surface area contributed by atoms with Crippen LogP contribution in [0.3, 0.4) is 0 Å². The second kappa shape index (κ2) is 6.71. The molecule has 7 heteroatoms. The molecule has 1 aromatic heterocycles. The van der Waals surface area contributed by atoms with Crippen molar-refractivity contribution in [3.8, 4) is 0 Å². The summed E-state index contributed by atoms with van der Waals surface area (Å²) in [5.41, 5.74) is 5.98. The summed E-state index contributed by atoms with van der Waals surface area (Å²) in [5.74, 6) is -0.496. The molecule has 0 bridgehead atoms. The zero-order valence-corrected chi connectivity index (χ0v) is 10.4. The van der Waals surface area contributed by atoms with Gasteiger partial charge in [-0.05, 0) is 22.9 Å². The first-order chi connectivity index (χ1) is 6.65. The van der Waals surface area contributed by atoms with Crippen LogP contribution in [0.5, 0.6) is 0 Å². The van der Waals surface area contributed by atoms with Gasteiger partial charge in [0.2, 0.25) is 0 Å². The molecule has 0 aliphatic heterocycles. The van der Waals surface area contributed by atoms with Crippen molar-refractivity contribution in [2.45, 2.75) is 13.0 Å². The lowest BCUT2D eigenvalue weighted by molar-refractivity contribution is -0.144. The van der Waals surface area contributed by atoms with Crippen LogP contribution >= 0.6 is 28.3 Å². The van der Waals surface area contributed by atoms with Crippen LogP contribution in [0.1, 0.15) is 18.7 Å². The Morgan fingerprint density at radius 1 is 1.60 bits per heavy atom. The molecule has 0 aliphatic rings.